The number of nitrogens with two attached hydrogens (primary N) is 1. The smallest absolute Gasteiger partial charge is 0.263 e. The molecule has 114 valence electrons. The van der Waals surface area contributed by atoms with Crippen molar-refractivity contribution < 1.29 is 9.18 Å². The highest BCUT2D eigenvalue weighted by atomic mass is 19.1. The SMILES string of the molecule is CC.NC1N=C(c2ccccc2)c2cccc(F)c2NC1=O. The standard InChI is InChI=1S/C15H12FN3O.C2H6/c16-11-8-4-7-10-12(9-5-2-1-3-6-9)18-14(17)15(20)19-13(10)11;1-2/h1-8,14H,17H2,(H,19,20);1-2H3. The average molecular weight is 299 g/mol. The number of carbonyl (C=O) groups excluding carboxylic acids is 1. The first kappa shape index (κ1) is 15.9. The van der Waals surface area contributed by atoms with Gasteiger partial charge >= 0.3 is 0 Å². The van der Waals surface area contributed by atoms with E-state index < -0.39 is 17.9 Å². The molecule has 3 N–H and O–H groups in total. The van der Waals surface area contributed by atoms with Crippen LogP contribution < -0.4 is 11.1 Å². The average Bonchev–Trinajstić information content (AvgIpc) is 2.69. The highest BCUT2D eigenvalue weighted by Gasteiger charge is 2.24. The van der Waals surface area contributed by atoms with E-state index in [1.54, 1.807) is 12.1 Å². The summed E-state index contributed by atoms with van der Waals surface area (Å²) in [5, 5.41) is 2.49. The number of nitrogens with one attached hydrogen (secondary N) is 1. The molecule has 1 aliphatic heterocycles. The number of halogens is 1. The Hall–Kier alpha value is -2.53. The lowest BCUT2D eigenvalue weighted by molar-refractivity contribution is -0.117. The number of anilines is 1. The molecule has 3 rings (SSSR count). The van der Waals surface area contributed by atoms with Crippen molar-refractivity contribution in [2.24, 2.45) is 10.7 Å². The number of hydrogen-bond acceptors (Lipinski definition) is 3. The van der Waals surface area contributed by atoms with Gasteiger partial charge in [-0.15, -0.1) is 0 Å². The Morgan fingerprint density at radius 2 is 1.77 bits per heavy atom. The predicted molar refractivity (Wildman–Crippen MR) is 86.4 cm³/mol. The van der Waals surface area contributed by atoms with E-state index in [4.69, 9.17) is 5.73 Å². The van der Waals surface area contributed by atoms with Crippen molar-refractivity contribution >= 4 is 17.3 Å². The van der Waals surface area contributed by atoms with E-state index >= 15 is 0 Å². The third kappa shape index (κ3) is 3.04. The molecule has 0 saturated heterocycles. The molecule has 5 heteroatoms. The third-order valence-electron chi connectivity index (χ3n) is 3.10. The second-order valence-electron chi connectivity index (χ2n) is 4.44. The van der Waals surface area contributed by atoms with Crippen LogP contribution in [0.25, 0.3) is 0 Å². The number of amides is 1. The van der Waals surface area contributed by atoms with Crippen LogP contribution in [0.4, 0.5) is 10.1 Å². The summed E-state index contributed by atoms with van der Waals surface area (Å²) in [6, 6.07) is 13.8. The molecule has 0 radical (unpaired) electrons. The van der Waals surface area contributed by atoms with Gasteiger partial charge in [-0.2, -0.15) is 0 Å². The van der Waals surface area contributed by atoms with Gasteiger partial charge in [-0.3, -0.25) is 9.79 Å². The van der Waals surface area contributed by atoms with Gasteiger partial charge in [-0.1, -0.05) is 56.3 Å². The van der Waals surface area contributed by atoms with Crippen LogP contribution in [-0.2, 0) is 4.79 Å². The minimum Gasteiger partial charge on any atom is -0.320 e. The fraction of sp³-hybridized carbons (Fsp3) is 0.176. The van der Waals surface area contributed by atoms with Crippen molar-refractivity contribution in [3.8, 4) is 0 Å². The van der Waals surface area contributed by atoms with Crippen molar-refractivity contribution in [2.45, 2.75) is 20.0 Å². The summed E-state index contributed by atoms with van der Waals surface area (Å²) >= 11 is 0. The molecule has 4 nitrogen and oxygen atoms in total. The molecule has 1 unspecified atom stereocenters. The summed E-state index contributed by atoms with van der Waals surface area (Å²) in [4.78, 5) is 16.0. The van der Waals surface area contributed by atoms with Crippen molar-refractivity contribution in [3.63, 3.8) is 0 Å². The lowest BCUT2D eigenvalue weighted by atomic mass is 10.0. The summed E-state index contributed by atoms with van der Waals surface area (Å²) in [5.41, 5.74) is 7.65. The number of carbonyl (C=O) groups is 1. The summed E-state index contributed by atoms with van der Waals surface area (Å²) in [7, 11) is 0. The lowest BCUT2D eigenvalue weighted by Gasteiger charge is -2.10. The van der Waals surface area contributed by atoms with Crippen LogP contribution in [-0.4, -0.2) is 17.8 Å². The summed E-state index contributed by atoms with van der Waals surface area (Å²) in [5.74, 6) is -1.03. The number of rotatable bonds is 1. The normalized spacial score (nSPS) is 16.5. The Morgan fingerprint density at radius 3 is 2.45 bits per heavy atom. The van der Waals surface area contributed by atoms with Crippen LogP contribution >= 0.6 is 0 Å². The second kappa shape index (κ2) is 6.95. The molecule has 2 aromatic carbocycles. The quantitative estimate of drug-likeness (QED) is 0.850. The molecule has 1 atom stereocenters. The van der Waals surface area contributed by atoms with Crippen molar-refractivity contribution in [1.82, 2.24) is 0 Å². The first-order chi connectivity index (χ1) is 10.7. The lowest BCUT2D eigenvalue weighted by Crippen LogP contribution is -2.33. The number of fused-ring (bicyclic) bond motifs is 1. The number of benzodiazepines with no additional fused rings is 1. The highest BCUT2D eigenvalue weighted by molar-refractivity contribution is 6.19. The van der Waals surface area contributed by atoms with E-state index in [0.29, 0.717) is 11.3 Å². The molecule has 0 bridgehead atoms. The van der Waals surface area contributed by atoms with Gasteiger partial charge in [0.1, 0.15) is 5.82 Å². The maximum atomic E-state index is 13.9. The van der Waals surface area contributed by atoms with Crippen LogP contribution in [0.15, 0.2) is 53.5 Å². The first-order valence-corrected chi connectivity index (χ1v) is 7.15. The molecule has 0 aliphatic carbocycles. The molecule has 1 aliphatic rings. The zero-order valence-corrected chi connectivity index (χ0v) is 12.5. The maximum Gasteiger partial charge on any atom is 0.263 e. The molecular formula is C17H18FN3O. The fourth-order valence-corrected chi connectivity index (χ4v) is 2.14. The predicted octanol–water partition coefficient (Wildman–Crippen LogP) is 2.93. The van der Waals surface area contributed by atoms with E-state index in [0.717, 1.165) is 5.56 Å². The van der Waals surface area contributed by atoms with Crippen LogP contribution in [0, 0.1) is 5.82 Å². The molecule has 2 aromatic rings. The van der Waals surface area contributed by atoms with Gasteiger partial charge in [0.15, 0.2) is 6.17 Å². The summed E-state index contributed by atoms with van der Waals surface area (Å²) in [6.45, 7) is 4.00. The monoisotopic (exact) mass is 299 g/mol. The Kier molecular flexibility index (Phi) is 5.01. The molecule has 1 amide bonds. The second-order valence-corrected chi connectivity index (χ2v) is 4.44. The zero-order valence-electron chi connectivity index (χ0n) is 12.5. The largest absolute Gasteiger partial charge is 0.320 e. The molecular weight excluding hydrogens is 281 g/mol. The highest BCUT2D eigenvalue weighted by Crippen LogP contribution is 2.26. The van der Waals surface area contributed by atoms with Crippen LogP contribution in [0.5, 0.6) is 0 Å². The van der Waals surface area contributed by atoms with Crippen molar-refractivity contribution in [1.29, 1.82) is 0 Å². The first-order valence-electron chi connectivity index (χ1n) is 7.15. The number of benzene rings is 2. The molecule has 0 aromatic heterocycles. The molecule has 22 heavy (non-hydrogen) atoms. The van der Waals surface area contributed by atoms with E-state index in [1.807, 2.05) is 44.2 Å². The Morgan fingerprint density at radius 1 is 1.09 bits per heavy atom. The van der Waals surface area contributed by atoms with Gasteiger partial charge in [0.05, 0.1) is 11.4 Å². The number of aliphatic imine (C=N–C) groups is 1. The molecule has 0 fully saturated rings. The van der Waals surface area contributed by atoms with Crippen LogP contribution in [0.3, 0.4) is 0 Å². The van der Waals surface area contributed by atoms with E-state index in [2.05, 4.69) is 10.3 Å². The van der Waals surface area contributed by atoms with E-state index in [1.165, 1.54) is 6.07 Å². The van der Waals surface area contributed by atoms with Crippen molar-refractivity contribution in [3.05, 3.63) is 65.5 Å². The van der Waals surface area contributed by atoms with Gasteiger partial charge < -0.3 is 11.1 Å². The summed E-state index contributed by atoms with van der Waals surface area (Å²) < 4.78 is 13.9. The third-order valence-corrected chi connectivity index (χ3v) is 3.10. The molecule has 0 saturated carbocycles. The Balaban J connectivity index is 0.000000847. The van der Waals surface area contributed by atoms with Gasteiger partial charge in [0, 0.05) is 11.1 Å². The topological polar surface area (TPSA) is 67.5 Å². The molecule has 0 spiro atoms. The Bertz CT molecular complexity index is 698. The maximum absolute atomic E-state index is 13.9. The van der Waals surface area contributed by atoms with Crippen LogP contribution in [0.2, 0.25) is 0 Å². The zero-order chi connectivity index (χ0) is 16.1. The minimum atomic E-state index is -1.06. The fourth-order valence-electron chi connectivity index (χ4n) is 2.14. The summed E-state index contributed by atoms with van der Waals surface area (Å²) in [6.07, 6.45) is -1.06. The minimum absolute atomic E-state index is 0.119. The van der Waals surface area contributed by atoms with Gasteiger partial charge in [0.2, 0.25) is 0 Å². The number of nitrogens with zero attached hydrogens (tertiary/aromatic N) is 1. The van der Waals surface area contributed by atoms with Crippen LogP contribution in [0.1, 0.15) is 25.0 Å². The van der Waals surface area contributed by atoms with Crippen molar-refractivity contribution in [2.75, 3.05) is 5.32 Å². The van der Waals surface area contributed by atoms with E-state index in [-0.39, 0.29) is 5.69 Å². The number of hydrogen-bond donors (Lipinski definition) is 2. The number of para-hydroxylation sites is 1. The molecule has 1 heterocycles. The Labute approximate surface area is 128 Å². The van der Waals surface area contributed by atoms with E-state index in [9.17, 15) is 9.18 Å². The van der Waals surface area contributed by atoms with Gasteiger partial charge in [0.25, 0.3) is 5.91 Å². The van der Waals surface area contributed by atoms with Gasteiger partial charge in [-0.25, -0.2) is 4.39 Å². The van der Waals surface area contributed by atoms with Gasteiger partial charge in [-0.05, 0) is 6.07 Å².